The summed E-state index contributed by atoms with van der Waals surface area (Å²) in [6.07, 6.45) is 0. The van der Waals surface area contributed by atoms with Gasteiger partial charge in [0.05, 0.1) is 0 Å². The van der Waals surface area contributed by atoms with Crippen molar-refractivity contribution in [3.63, 3.8) is 0 Å². The maximum absolute atomic E-state index is 13.4. The Kier molecular flexibility index (Phi) is 4.91. The Labute approximate surface area is 115 Å². The predicted molar refractivity (Wildman–Crippen MR) is 76.8 cm³/mol. The molecule has 106 valence electrons. The fraction of sp³-hybridized carbons (Fsp3) is 0.600. The maximum Gasteiger partial charge on any atom is 0.126 e. The minimum absolute atomic E-state index is 0.131. The van der Waals surface area contributed by atoms with E-state index in [1.54, 1.807) is 6.07 Å². The first-order chi connectivity index (χ1) is 9.13. The Hall–Kier alpha value is -0.970. The highest BCUT2D eigenvalue weighted by molar-refractivity contribution is 5.27. The number of piperazine rings is 1. The molecule has 2 atom stereocenters. The Morgan fingerprint density at radius 1 is 1.32 bits per heavy atom. The maximum atomic E-state index is 13.4. The number of halogens is 1. The highest BCUT2D eigenvalue weighted by atomic mass is 19.1. The molecule has 4 heteroatoms. The average molecular weight is 265 g/mol. The van der Waals surface area contributed by atoms with Crippen LogP contribution in [0.5, 0.6) is 0 Å². The molecule has 0 saturated carbocycles. The van der Waals surface area contributed by atoms with Crippen LogP contribution in [-0.2, 0) is 0 Å². The summed E-state index contributed by atoms with van der Waals surface area (Å²) in [4.78, 5) is 2.48. The molecule has 19 heavy (non-hydrogen) atoms. The van der Waals surface area contributed by atoms with Gasteiger partial charge in [-0.05, 0) is 38.1 Å². The van der Waals surface area contributed by atoms with Gasteiger partial charge in [0, 0.05) is 38.3 Å². The first-order valence-corrected chi connectivity index (χ1v) is 7.01. The molecule has 3 nitrogen and oxygen atoms in total. The van der Waals surface area contributed by atoms with Crippen molar-refractivity contribution in [3.05, 3.63) is 35.1 Å². The van der Waals surface area contributed by atoms with Gasteiger partial charge in [-0.2, -0.15) is 0 Å². The second-order valence-electron chi connectivity index (χ2n) is 5.30. The molecule has 1 heterocycles. The van der Waals surface area contributed by atoms with Gasteiger partial charge in [0.25, 0.3) is 0 Å². The summed E-state index contributed by atoms with van der Waals surface area (Å²) in [6, 6.07) is 6.05. The molecule has 1 saturated heterocycles. The summed E-state index contributed by atoms with van der Waals surface area (Å²) in [5, 5.41) is 6.75. The van der Waals surface area contributed by atoms with Crippen molar-refractivity contribution in [2.45, 2.75) is 25.9 Å². The molecule has 1 fully saturated rings. The summed E-state index contributed by atoms with van der Waals surface area (Å²) in [5.74, 6) is -0.131. The second kappa shape index (κ2) is 6.46. The van der Waals surface area contributed by atoms with E-state index >= 15 is 0 Å². The fourth-order valence-corrected chi connectivity index (χ4v) is 2.85. The van der Waals surface area contributed by atoms with E-state index in [1.807, 2.05) is 26.1 Å². The molecule has 0 spiro atoms. The van der Waals surface area contributed by atoms with Crippen molar-refractivity contribution in [1.82, 2.24) is 15.5 Å². The van der Waals surface area contributed by atoms with Crippen LogP contribution in [0.25, 0.3) is 0 Å². The standard InChI is InChI=1S/C15H24FN3/c1-11-10-13(4-5-14(11)16)15(17-3)12(2)19-8-6-18-7-9-19/h4-5,10,12,15,17-18H,6-9H2,1-3H3. The molecule has 1 aliphatic rings. The number of nitrogens with one attached hydrogen (secondary N) is 2. The molecule has 2 unspecified atom stereocenters. The van der Waals surface area contributed by atoms with Gasteiger partial charge < -0.3 is 10.6 Å². The summed E-state index contributed by atoms with van der Waals surface area (Å²) in [5.41, 5.74) is 1.87. The van der Waals surface area contributed by atoms with Crippen LogP contribution in [0.15, 0.2) is 18.2 Å². The third-order valence-electron chi connectivity index (χ3n) is 4.06. The van der Waals surface area contributed by atoms with Crippen molar-refractivity contribution in [1.29, 1.82) is 0 Å². The molecular weight excluding hydrogens is 241 g/mol. The summed E-state index contributed by atoms with van der Waals surface area (Å²) in [6.45, 7) is 8.29. The predicted octanol–water partition coefficient (Wildman–Crippen LogP) is 1.69. The van der Waals surface area contributed by atoms with Crippen LogP contribution in [-0.4, -0.2) is 44.2 Å². The molecule has 2 rings (SSSR count). The first kappa shape index (κ1) is 14.4. The molecule has 1 aliphatic heterocycles. The quantitative estimate of drug-likeness (QED) is 0.867. The minimum atomic E-state index is -0.131. The van der Waals surface area contributed by atoms with Gasteiger partial charge in [-0.25, -0.2) is 4.39 Å². The zero-order valence-electron chi connectivity index (χ0n) is 12.0. The van der Waals surface area contributed by atoms with Crippen molar-refractivity contribution < 1.29 is 4.39 Å². The minimum Gasteiger partial charge on any atom is -0.314 e. The van der Waals surface area contributed by atoms with Crippen LogP contribution in [0.1, 0.15) is 24.1 Å². The normalized spacial score (nSPS) is 20.2. The lowest BCUT2D eigenvalue weighted by atomic mass is 9.97. The fourth-order valence-electron chi connectivity index (χ4n) is 2.85. The Bertz CT molecular complexity index is 416. The highest BCUT2D eigenvalue weighted by Crippen LogP contribution is 2.23. The number of hydrogen-bond donors (Lipinski definition) is 2. The molecule has 1 aromatic rings. The molecule has 0 aromatic heterocycles. The Balaban J connectivity index is 2.15. The topological polar surface area (TPSA) is 27.3 Å². The van der Waals surface area contributed by atoms with Crippen LogP contribution in [0.3, 0.4) is 0 Å². The second-order valence-corrected chi connectivity index (χ2v) is 5.30. The third kappa shape index (κ3) is 3.32. The molecule has 0 amide bonds. The Morgan fingerprint density at radius 2 is 2.00 bits per heavy atom. The van der Waals surface area contributed by atoms with Crippen molar-refractivity contribution in [3.8, 4) is 0 Å². The zero-order chi connectivity index (χ0) is 13.8. The van der Waals surface area contributed by atoms with Gasteiger partial charge in [0.2, 0.25) is 0 Å². The zero-order valence-corrected chi connectivity index (χ0v) is 12.0. The van der Waals surface area contributed by atoms with E-state index in [4.69, 9.17) is 0 Å². The van der Waals surface area contributed by atoms with Crippen LogP contribution < -0.4 is 10.6 Å². The van der Waals surface area contributed by atoms with Crippen LogP contribution in [0, 0.1) is 12.7 Å². The van der Waals surface area contributed by atoms with Gasteiger partial charge in [-0.3, -0.25) is 4.90 Å². The monoisotopic (exact) mass is 265 g/mol. The molecule has 1 aromatic carbocycles. The molecule has 0 bridgehead atoms. The lowest BCUT2D eigenvalue weighted by Gasteiger charge is -2.37. The van der Waals surface area contributed by atoms with E-state index in [-0.39, 0.29) is 11.9 Å². The van der Waals surface area contributed by atoms with Gasteiger partial charge in [0.1, 0.15) is 5.82 Å². The summed E-state index contributed by atoms with van der Waals surface area (Å²) < 4.78 is 13.4. The first-order valence-electron chi connectivity index (χ1n) is 7.01. The van der Waals surface area contributed by atoms with Crippen molar-refractivity contribution in [2.75, 3.05) is 33.2 Å². The molecule has 0 radical (unpaired) electrons. The molecule has 2 N–H and O–H groups in total. The van der Waals surface area contributed by atoms with Gasteiger partial charge >= 0.3 is 0 Å². The number of rotatable bonds is 4. The van der Waals surface area contributed by atoms with Crippen LogP contribution in [0.2, 0.25) is 0 Å². The van der Waals surface area contributed by atoms with Gasteiger partial charge in [0.15, 0.2) is 0 Å². The van der Waals surface area contributed by atoms with Gasteiger partial charge in [-0.1, -0.05) is 12.1 Å². The lowest BCUT2D eigenvalue weighted by Crippen LogP contribution is -2.51. The van der Waals surface area contributed by atoms with Crippen molar-refractivity contribution in [2.24, 2.45) is 0 Å². The van der Waals surface area contributed by atoms with E-state index in [1.165, 1.54) is 0 Å². The number of nitrogens with zero attached hydrogens (tertiary/aromatic N) is 1. The smallest absolute Gasteiger partial charge is 0.126 e. The van der Waals surface area contributed by atoms with E-state index in [0.717, 1.165) is 31.7 Å². The van der Waals surface area contributed by atoms with E-state index in [2.05, 4.69) is 22.5 Å². The van der Waals surface area contributed by atoms with E-state index in [9.17, 15) is 4.39 Å². The van der Waals surface area contributed by atoms with Crippen LogP contribution >= 0.6 is 0 Å². The molecular formula is C15H24FN3. The highest BCUT2D eigenvalue weighted by Gasteiger charge is 2.25. The van der Waals surface area contributed by atoms with E-state index < -0.39 is 0 Å². The lowest BCUT2D eigenvalue weighted by molar-refractivity contribution is 0.153. The van der Waals surface area contributed by atoms with Gasteiger partial charge in [-0.15, -0.1) is 0 Å². The SMILES string of the molecule is CNC(c1ccc(F)c(C)c1)C(C)N1CCNCC1. The van der Waals surface area contributed by atoms with Crippen molar-refractivity contribution >= 4 is 0 Å². The van der Waals surface area contributed by atoms with E-state index in [0.29, 0.717) is 11.6 Å². The number of aryl methyl sites for hydroxylation is 1. The summed E-state index contributed by atoms with van der Waals surface area (Å²) in [7, 11) is 1.97. The van der Waals surface area contributed by atoms with Crippen LogP contribution in [0.4, 0.5) is 4.39 Å². The Morgan fingerprint density at radius 3 is 2.58 bits per heavy atom. The number of hydrogen-bond acceptors (Lipinski definition) is 3. The number of likely N-dealkylation sites (N-methyl/N-ethyl adjacent to an activating group) is 1. The molecule has 0 aliphatic carbocycles. The largest absolute Gasteiger partial charge is 0.314 e. The average Bonchev–Trinajstić information content (AvgIpc) is 2.44. The summed E-state index contributed by atoms with van der Waals surface area (Å²) >= 11 is 0. The number of benzene rings is 1. The third-order valence-corrected chi connectivity index (χ3v) is 4.06.